The van der Waals surface area contributed by atoms with E-state index in [0.717, 1.165) is 19.6 Å². The van der Waals surface area contributed by atoms with E-state index in [1.807, 2.05) is 0 Å². The molecule has 0 aliphatic heterocycles. The Morgan fingerprint density at radius 3 is 1.82 bits per heavy atom. The summed E-state index contributed by atoms with van der Waals surface area (Å²) in [5.41, 5.74) is 5.86. The molecular formula is C15H34N2. The summed E-state index contributed by atoms with van der Waals surface area (Å²) in [6.45, 7) is 9.82. The van der Waals surface area contributed by atoms with E-state index in [1.165, 1.54) is 51.4 Å². The first kappa shape index (κ1) is 16.9. The van der Waals surface area contributed by atoms with Crippen molar-refractivity contribution in [2.45, 2.75) is 78.2 Å². The minimum absolute atomic E-state index is 0.612. The second-order valence-electron chi connectivity index (χ2n) is 5.02. The molecule has 0 aliphatic carbocycles. The zero-order valence-corrected chi connectivity index (χ0v) is 12.4. The topological polar surface area (TPSA) is 29.3 Å². The van der Waals surface area contributed by atoms with Crippen molar-refractivity contribution in [1.29, 1.82) is 0 Å². The van der Waals surface area contributed by atoms with Crippen LogP contribution in [-0.4, -0.2) is 30.6 Å². The molecule has 2 N–H and O–H groups in total. The molecule has 2 nitrogen and oxygen atoms in total. The van der Waals surface area contributed by atoms with Crippen molar-refractivity contribution in [3.05, 3.63) is 0 Å². The molecule has 0 bridgehead atoms. The number of hydrogen-bond acceptors (Lipinski definition) is 2. The normalized spacial score (nSPS) is 13.2. The Balaban J connectivity index is 3.49. The lowest BCUT2D eigenvalue weighted by atomic mass is 10.0. The van der Waals surface area contributed by atoms with Gasteiger partial charge in [0.25, 0.3) is 0 Å². The Bertz CT molecular complexity index is 144. The van der Waals surface area contributed by atoms with Crippen molar-refractivity contribution in [1.82, 2.24) is 4.90 Å². The molecule has 0 aliphatic rings. The van der Waals surface area contributed by atoms with E-state index in [9.17, 15) is 0 Å². The van der Waals surface area contributed by atoms with Crippen molar-refractivity contribution in [3.63, 3.8) is 0 Å². The van der Waals surface area contributed by atoms with Gasteiger partial charge in [-0.25, -0.2) is 0 Å². The fourth-order valence-corrected chi connectivity index (χ4v) is 2.53. The third kappa shape index (κ3) is 8.62. The van der Waals surface area contributed by atoms with Gasteiger partial charge >= 0.3 is 0 Å². The maximum absolute atomic E-state index is 5.86. The van der Waals surface area contributed by atoms with Crippen LogP contribution in [-0.2, 0) is 0 Å². The van der Waals surface area contributed by atoms with E-state index in [0.29, 0.717) is 6.04 Å². The second kappa shape index (κ2) is 12.4. The standard InChI is InChI=1S/C15H34N2/c1-4-7-8-9-10-11-12-13-15(14-16)17(5-2)6-3/h15H,4-14,16H2,1-3H3. The Hall–Kier alpha value is -0.0800. The average Bonchev–Trinajstić information content (AvgIpc) is 2.36. The maximum Gasteiger partial charge on any atom is 0.0218 e. The first-order valence-electron chi connectivity index (χ1n) is 7.74. The minimum atomic E-state index is 0.612. The monoisotopic (exact) mass is 242 g/mol. The van der Waals surface area contributed by atoms with E-state index in [1.54, 1.807) is 0 Å². The molecule has 0 fully saturated rings. The van der Waals surface area contributed by atoms with Gasteiger partial charge in [0.15, 0.2) is 0 Å². The highest BCUT2D eigenvalue weighted by Gasteiger charge is 2.12. The van der Waals surface area contributed by atoms with E-state index in [2.05, 4.69) is 25.7 Å². The van der Waals surface area contributed by atoms with Gasteiger partial charge in [-0.05, 0) is 19.5 Å². The van der Waals surface area contributed by atoms with Crippen LogP contribution in [0.2, 0.25) is 0 Å². The summed E-state index contributed by atoms with van der Waals surface area (Å²) in [5, 5.41) is 0. The first-order valence-corrected chi connectivity index (χ1v) is 7.74. The van der Waals surface area contributed by atoms with Gasteiger partial charge in [-0.1, -0.05) is 65.7 Å². The third-order valence-electron chi connectivity index (χ3n) is 3.74. The summed E-state index contributed by atoms with van der Waals surface area (Å²) in [4.78, 5) is 2.50. The van der Waals surface area contributed by atoms with Crippen LogP contribution < -0.4 is 5.73 Å². The first-order chi connectivity index (χ1) is 8.29. The van der Waals surface area contributed by atoms with Crippen molar-refractivity contribution < 1.29 is 0 Å². The van der Waals surface area contributed by atoms with Gasteiger partial charge < -0.3 is 5.73 Å². The molecule has 0 radical (unpaired) electrons. The molecule has 0 saturated carbocycles. The summed E-state index contributed by atoms with van der Waals surface area (Å²) >= 11 is 0. The molecule has 1 atom stereocenters. The number of rotatable bonds is 12. The predicted molar refractivity (Wildman–Crippen MR) is 78.4 cm³/mol. The smallest absolute Gasteiger partial charge is 0.0218 e. The van der Waals surface area contributed by atoms with Gasteiger partial charge in [0.1, 0.15) is 0 Å². The van der Waals surface area contributed by atoms with Crippen LogP contribution in [0.4, 0.5) is 0 Å². The fraction of sp³-hybridized carbons (Fsp3) is 1.00. The summed E-state index contributed by atoms with van der Waals surface area (Å²) in [6, 6.07) is 0.612. The van der Waals surface area contributed by atoms with E-state index >= 15 is 0 Å². The van der Waals surface area contributed by atoms with E-state index in [4.69, 9.17) is 5.73 Å². The lowest BCUT2D eigenvalue weighted by Crippen LogP contribution is -2.40. The molecule has 0 aromatic rings. The van der Waals surface area contributed by atoms with Crippen LogP contribution in [0.1, 0.15) is 72.1 Å². The van der Waals surface area contributed by atoms with Crippen molar-refractivity contribution in [2.75, 3.05) is 19.6 Å². The SMILES string of the molecule is CCCCCCCCCC(CN)N(CC)CC. The largest absolute Gasteiger partial charge is 0.329 e. The van der Waals surface area contributed by atoms with Gasteiger partial charge in [-0.3, -0.25) is 4.90 Å². The summed E-state index contributed by atoms with van der Waals surface area (Å²) < 4.78 is 0. The zero-order chi connectivity index (χ0) is 12.9. The lowest BCUT2D eigenvalue weighted by molar-refractivity contribution is 0.207. The van der Waals surface area contributed by atoms with Crippen LogP contribution in [0, 0.1) is 0 Å². The highest BCUT2D eigenvalue weighted by Crippen LogP contribution is 2.12. The van der Waals surface area contributed by atoms with Gasteiger partial charge in [0, 0.05) is 12.6 Å². The molecule has 0 aromatic carbocycles. The molecular weight excluding hydrogens is 208 g/mol. The number of likely N-dealkylation sites (N-methyl/N-ethyl adjacent to an activating group) is 1. The Kier molecular flexibility index (Phi) is 12.3. The van der Waals surface area contributed by atoms with Gasteiger partial charge in [-0.2, -0.15) is 0 Å². The molecule has 0 heterocycles. The Morgan fingerprint density at radius 1 is 0.824 bits per heavy atom. The Labute approximate surface area is 109 Å². The van der Waals surface area contributed by atoms with Gasteiger partial charge in [-0.15, -0.1) is 0 Å². The highest BCUT2D eigenvalue weighted by atomic mass is 15.1. The van der Waals surface area contributed by atoms with E-state index in [-0.39, 0.29) is 0 Å². The minimum Gasteiger partial charge on any atom is -0.329 e. The quantitative estimate of drug-likeness (QED) is 0.528. The Morgan fingerprint density at radius 2 is 1.35 bits per heavy atom. The van der Waals surface area contributed by atoms with Crippen LogP contribution >= 0.6 is 0 Å². The zero-order valence-electron chi connectivity index (χ0n) is 12.4. The van der Waals surface area contributed by atoms with Crippen LogP contribution in [0.25, 0.3) is 0 Å². The van der Waals surface area contributed by atoms with Crippen molar-refractivity contribution in [2.24, 2.45) is 5.73 Å². The molecule has 0 amide bonds. The average molecular weight is 242 g/mol. The molecule has 0 rings (SSSR count). The summed E-state index contributed by atoms with van der Waals surface area (Å²) in [6.07, 6.45) is 11.0. The number of hydrogen-bond donors (Lipinski definition) is 1. The van der Waals surface area contributed by atoms with Gasteiger partial charge in [0.05, 0.1) is 0 Å². The summed E-state index contributed by atoms with van der Waals surface area (Å²) in [5.74, 6) is 0. The molecule has 17 heavy (non-hydrogen) atoms. The van der Waals surface area contributed by atoms with Crippen molar-refractivity contribution >= 4 is 0 Å². The lowest BCUT2D eigenvalue weighted by Gasteiger charge is -2.28. The number of nitrogens with two attached hydrogens (primary N) is 1. The third-order valence-corrected chi connectivity index (χ3v) is 3.74. The molecule has 0 spiro atoms. The number of nitrogens with zero attached hydrogens (tertiary/aromatic N) is 1. The maximum atomic E-state index is 5.86. The molecule has 0 aromatic heterocycles. The molecule has 1 unspecified atom stereocenters. The molecule has 104 valence electrons. The summed E-state index contributed by atoms with van der Waals surface area (Å²) in [7, 11) is 0. The molecule has 0 saturated heterocycles. The number of unbranched alkanes of at least 4 members (excludes halogenated alkanes) is 6. The van der Waals surface area contributed by atoms with Gasteiger partial charge in [0.2, 0.25) is 0 Å². The second-order valence-corrected chi connectivity index (χ2v) is 5.02. The molecule has 2 heteroatoms. The van der Waals surface area contributed by atoms with Crippen molar-refractivity contribution in [3.8, 4) is 0 Å². The van der Waals surface area contributed by atoms with Crippen LogP contribution in [0.5, 0.6) is 0 Å². The van der Waals surface area contributed by atoms with E-state index < -0.39 is 0 Å². The highest BCUT2D eigenvalue weighted by molar-refractivity contribution is 4.70. The fourth-order valence-electron chi connectivity index (χ4n) is 2.53. The van der Waals surface area contributed by atoms with Crippen LogP contribution in [0.15, 0.2) is 0 Å². The van der Waals surface area contributed by atoms with Crippen LogP contribution in [0.3, 0.4) is 0 Å². The predicted octanol–water partition coefficient (Wildman–Crippen LogP) is 3.80.